The van der Waals surface area contributed by atoms with Crippen molar-refractivity contribution in [1.29, 1.82) is 0 Å². The van der Waals surface area contributed by atoms with Gasteiger partial charge < -0.3 is 10.6 Å². The lowest BCUT2D eigenvalue weighted by molar-refractivity contribution is 0.268. The lowest BCUT2D eigenvalue weighted by Crippen LogP contribution is -2.48. The van der Waals surface area contributed by atoms with Gasteiger partial charge in [-0.05, 0) is 23.6 Å². The standard InChI is InChI=1S/C15H24N2/c1-15(2,3)13-7-5-11(6-8-13)14(16-4)12-9-17-10-12/h5-8,12,14,16-17H,9-10H2,1-4H3. The molecule has 1 aliphatic rings. The van der Waals surface area contributed by atoms with E-state index in [-0.39, 0.29) is 5.41 Å². The first kappa shape index (κ1) is 12.6. The van der Waals surface area contributed by atoms with Gasteiger partial charge in [0.05, 0.1) is 0 Å². The van der Waals surface area contributed by atoms with Crippen LogP contribution in [0.15, 0.2) is 24.3 Å². The number of nitrogens with one attached hydrogen (secondary N) is 2. The molecule has 2 rings (SSSR count). The molecule has 0 radical (unpaired) electrons. The van der Waals surface area contributed by atoms with Gasteiger partial charge in [-0.1, -0.05) is 45.0 Å². The van der Waals surface area contributed by atoms with Crippen LogP contribution in [0.2, 0.25) is 0 Å². The Morgan fingerprint density at radius 1 is 1.18 bits per heavy atom. The third-order valence-electron chi connectivity index (χ3n) is 3.73. The molecule has 2 nitrogen and oxygen atoms in total. The van der Waals surface area contributed by atoms with Crippen molar-refractivity contribution in [1.82, 2.24) is 10.6 Å². The summed E-state index contributed by atoms with van der Waals surface area (Å²) in [5.74, 6) is 0.737. The molecule has 0 amide bonds. The molecule has 0 aliphatic carbocycles. The molecule has 1 unspecified atom stereocenters. The number of benzene rings is 1. The molecule has 1 atom stereocenters. The van der Waals surface area contributed by atoms with Crippen molar-refractivity contribution < 1.29 is 0 Å². The number of hydrogen-bond acceptors (Lipinski definition) is 2. The quantitative estimate of drug-likeness (QED) is 0.836. The van der Waals surface area contributed by atoms with Crippen LogP contribution in [0.5, 0.6) is 0 Å². The lowest BCUT2D eigenvalue weighted by atomic mass is 9.84. The third kappa shape index (κ3) is 2.70. The first-order chi connectivity index (χ1) is 8.02. The van der Waals surface area contributed by atoms with Crippen LogP contribution in [0.3, 0.4) is 0 Å². The second kappa shape index (κ2) is 4.79. The molecule has 1 saturated heterocycles. The monoisotopic (exact) mass is 232 g/mol. The van der Waals surface area contributed by atoms with E-state index in [1.807, 2.05) is 0 Å². The average molecular weight is 232 g/mol. The zero-order chi connectivity index (χ0) is 12.5. The number of rotatable bonds is 3. The minimum Gasteiger partial charge on any atom is -0.316 e. The maximum Gasteiger partial charge on any atom is 0.0370 e. The van der Waals surface area contributed by atoms with Gasteiger partial charge in [0, 0.05) is 25.0 Å². The van der Waals surface area contributed by atoms with Crippen molar-refractivity contribution in [2.24, 2.45) is 5.92 Å². The molecular formula is C15H24N2. The fourth-order valence-corrected chi connectivity index (χ4v) is 2.41. The van der Waals surface area contributed by atoms with Crippen molar-refractivity contribution in [2.45, 2.75) is 32.2 Å². The summed E-state index contributed by atoms with van der Waals surface area (Å²) in [6.07, 6.45) is 0. The van der Waals surface area contributed by atoms with E-state index >= 15 is 0 Å². The van der Waals surface area contributed by atoms with Gasteiger partial charge in [0.25, 0.3) is 0 Å². The minimum atomic E-state index is 0.242. The van der Waals surface area contributed by atoms with E-state index < -0.39 is 0 Å². The summed E-state index contributed by atoms with van der Waals surface area (Å²) in [5.41, 5.74) is 3.06. The Bertz CT molecular complexity index is 358. The minimum absolute atomic E-state index is 0.242. The van der Waals surface area contributed by atoms with Crippen molar-refractivity contribution in [2.75, 3.05) is 20.1 Å². The highest BCUT2D eigenvalue weighted by molar-refractivity contribution is 5.30. The van der Waals surface area contributed by atoms with Gasteiger partial charge in [0.1, 0.15) is 0 Å². The molecule has 1 aromatic rings. The molecule has 2 N–H and O–H groups in total. The van der Waals surface area contributed by atoms with Crippen molar-refractivity contribution in [3.63, 3.8) is 0 Å². The van der Waals surface area contributed by atoms with Gasteiger partial charge in [-0.3, -0.25) is 0 Å². The average Bonchev–Trinajstić information content (AvgIpc) is 2.22. The maximum atomic E-state index is 3.44. The second-order valence-corrected chi connectivity index (χ2v) is 6.06. The van der Waals surface area contributed by atoms with Gasteiger partial charge >= 0.3 is 0 Å². The summed E-state index contributed by atoms with van der Waals surface area (Å²) < 4.78 is 0. The Morgan fingerprint density at radius 2 is 1.76 bits per heavy atom. The highest BCUT2D eigenvalue weighted by atomic mass is 15.0. The van der Waals surface area contributed by atoms with Crippen LogP contribution in [0.25, 0.3) is 0 Å². The van der Waals surface area contributed by atoms with Crippen LogP contribution in [0.4, 0.5) is 0 Å². The Balaban J connectivity index is 2.16. The summed E-state index contributed by atoms with van der Waals surface area (Å²) in [6.45, 7) is 9.04. The Morgan fingerprint density at radius 3 is 2.12 bits per heavy atom. The van der Waals surface area contributed by atoms with Crippen molar-refractivity contribution in [3.8, 4) is 0 Å². The van der Waals surface area contributed by atoms with Crippen LogP contribution in [0.1, 0.15) is 37.9 Å². The van der Waals surface area contributed by atoms with Crippen LogP contribution in [0, 0.1) is 5.92 Å². The van der Waals surface area contributed by atoms with E-state index in [2.05, 4.69) is 62.7 Å². The summed E-state index contributed by atoms with van der Waals surface area (Å²) in [6, 6.07) is 9.59. The molecule has 1 aliphatic heterocycles. The van der Waals surface area contributed by atoms with Gasteiger partial charge in [0.2, 0.25) is 0 Å². The van der Waals surface area contributed by atoms with Gasteiger partial charge in [0.15, 0.2) is 0 Å². The van der Waals surface area contributed by atoms with Crippen LogP contribution >= 0.6 is 0 Å². The molecule has 94 valence electrons. The molecule has 0 spiro atoms. The molecule has 0 aromatic heterocycles. The first-order valence-corrected chi connectivity index (χ1v) is 6.51. The molecule has 1 fully saturated rings. The van der Waals surface area contributed by atoms with Crippen LogP contribution < -0.4 is 10.6 Å². The van der Waals surface area contributed by atoms with E-state index in [4.69, 9.17) is 0 Å². The molecule has 17 heavy (non-hydrogen) atoms. The smallest absolute Gasteiger partial charge is 0.0370 e. The molecule has 2 heteroatoms. The Labute approximate surface area is 105 Å². The molecule has 0 bridgehead atoms. The van der Waals surface area contributed by atoms with E-state index in [1.54, 1.807) is 0 Å². The highest BCUT2D eigenvalue weighted by Gasteiger charge is 2.27. The molecule has 0 saturated carbocycles. The van der Waals surface area contributed by atoms with E-state index in [1.165, 1.54) is 11.1 Å². The van der Waals surface area contributed by atoms with Gasteiger partial charge in [-0.15, -0.1) is 0 Å². The predicted octanol–water partition coefficient (Wildman–Crippen LogP) is 2.46. The van der Waals surface area contributed by atoms with Crippen LogP contribution in [-0.2, 0) is 5.41 Å². The zero-order valence-electron chi connectivity index (χ0n) is 11.4. The highest BCUT2D eigenvalue weighted by Crippen LogP contribution is 2.28. The first-order valence-electron chi connectivity index (χ1n) is 6.51. The van der Waals surface area contributed by atoms with Gasteiger partial charge in [-0.25, -0.2) is 0 Å². The topological polar surface area (TPSA) is 24.1 Å². The zero-order valence-corrected chi connectivity index (χ0v) is 11.4. The summed E-state index contributed by atoms with van der Waals surface area (Å²) in [4.78, 5) is 0. The van der Waals surface area contributed by atoms with E-state index in [9.17, 15) is 0 Å². The summed E-state index contributed by atoms with van der Waals surface area (Å²) in [5, 5.41) is 6.78. The maximum absolute atomic E-state index is 3.44. The number of hydrogen-bond donors (Lipinski definition) is 2. The third-order valence-corrected chi connectivity index (χ3v) is 3.73. The van der Waals surface area contributed by atoms with Crippen molar-refractivity contribution >= 4 is 0 Å². The largest absolute Gasteiger partial charge is 0.316 e. The Hall–Kier alpha value is -0.860. The normalized spacial score (nSPS) is 18.8. The summed E-state index contributed by atoms with van der Waals surface area (Å²) in [7, 11) is 2.06. The molecule has 1 heterocycles. The van der Waals surface area contributed by atoms with Crippen LogP contribution in [-0.4, -0.2) is 20.1 Å². The van der Waals surface area contributed by atoms with Crippen molar-refractivity contribution in [3.05, 3.63) is 35.4 Å². The Kier molecular flexibility index (Phi) is 3.55. The SMILES string of the molecule is CNC(c1ccc(C(C)(C)C)cc1)C1CNC1. The molecule has 1 aromatic carbocycles. The fraction of sp³-hybridized carbons (Fsp3) is 0.600. The lowest BCUT2D eigenvalue weighted by Gasteiger charge is -2.35. The van der Waals surface area contributed by atoms with Gasteiger partial charge in [-0.2, -0.15) is 0 Å². The van der Waals surface area contributed by atoms with E-state index in [0.29, 0.717) is 6.04 Å². The predicted molar refractivity (Wildman–Crippen MR) is 73.3 cm³/mol. The van der Waals surface area contributed by atoms with E-state index in [0.717, 1.165) is 19.0 Å². The molecular weight excluding hydrogens is 208 g/mol. The fourth-order valence-electron chi connectivity index (χ4n) is 2.41. The summed E-state index contributed by atoms with van der Waals surface area (Å²) >= 11 is 0. The second-order valence-electron chi connectivity index (χ2n) is 6.06.